The molecule has 1 aliphatic rings. The fraction of sp³-hybridized carbons (Fsp3) is 0.385. The number of piperazine rings is 1. The van der Waals surface area contributed by atoms with Gasteiger partial charge in [-0.05, 0) is 19.1 Å². The third kappa shape index (κ3) is 2.51. The smallest absolute Gasteiger partial charge is 0.305 e. The summed E-state index contributed by atoms with van der Waals surface area (Å²) < 4.78 is 0. The molecular weight excluding hydrogens is 232 g/mol. The first kappa shape index (κ1) is 12.6. The minimum absolute atomic E-state index is 0.0185. The van der Waals surface area contributed by atoms with Gasteiger partial charge >= 0.3 is 5.97 Å². The van der Waals surface area contributed by atoms with Gasteiger partial charge < -0.3 is 15.3 Å². The zero-order valence-corrected chi connectivity index (χ0v) is 10.2. The van der Waals surface area contributed by atoms with Gasteiger partial charge in [-0.1, -0.05) is 18.2 Å². The molecule has 0 saturated carbocycles. The summed E-state index contributed by atoms with van der Waals surface area (Å²) in [7, 11) is 0. The molecule has 0 spiro atoms. The molecule has 96 valence electrons. The second-order valence-electron chi connectivity index (χ2n) is 4.45. The summed E-state index contributed by atoms with van der Waals surface area (Å²) in [6.45, 7) is 2.54. The van der Waals surface area contributed by atoms with Crippen molar-refractivity contribution in [2.24, 2.45) is 0 Å². The molecule has 2 N–H and O–H groups in total. The fourth-order valence-electron chi connectivity index (χ4n) is 2.18. The van der Waals surface area contributed by atoms with Crippen molar-refractivity contribution in [2.75, 3.05) is 11.4 Å². The monoisotopic (exact) mass is 248 g/mol. The normalized spacial score (nSPS) is 24.1. The number of amides is 1. The van der Waals surface area contributed by atoms with Gasteiger partial charge in [-0.25, -0.2) is 0 Å². The number of hydrogen-bond donors (Lipinski definition) is 2. The number of carboxylic acid groups (broad SMARTS) is 1. The Morgan fingerprint density at radius 1 is 1.44 bits per heavy atom. The van der Waals surface area contributed by atoms with Crippen LogP contribution in [0.25, 0.3) is 0 Å². The Bertz CT molecular complexity index is 447. The van der Waals surface area contributed by atoms with Crippen molar-refractivity contribution < 1.29 is 14.7 Å². The van der Waals surface area contributed by atoms with Crippen LogP contribution in [0, 0.1) is 0 Å². The van der Waals surface area contributed by atoms with E-state index in [1.54, 1.807) is 4.90 Å². The summed E-state index contributed by atoms with van der Waals surface area (Å²) in [5.41, 5.74) is 0.812. The number of para-hydroxylation sites is 1. The summed E-state index contributed by atoms with van der Waals surface area (Å²) in [6.07, 6.45) is -0.186. The van der Waals surface area contributed by atoms with Crippen molar-refractivity contribution in [3.63, 3.8) is 0 Å². The average molecular weight is 248 g/mol. The molecule has 1 aromatic carbocycles. The van der Waals surface area contributed by atoms with E-state index in [2.05, 4.69) is 5.32 Å². The van der Waals surface area contributed by atoms with Gasteiger partial charge in [-0.15, -0.1) is 0 Å². The minimum Gasteiger partial charge on any atom is -0.481 e. The topological polar surface area (TPSA) is 69.6 Å². The van der Waals surface area contributed by atoms with Crippen molar-refractivity contribution in [3.05, 3.63) is 30.3 Å². The van der Waals surface area contributed by atoms with Crippen molar-refractivity contribution >= 4 is 17.6 Å². The van der Waals surface area contributed by atoms with Gasteiger partial charge in [0.1, 0.15) is 0 Å². The summed E-state index contributed by atoms with van der Waals surface area (Å²) in [6, 6.07) is 8.71. The molecule has 2 rings (SSSR count). The first-order valence-corrected chi connectivity index (χ1v) is 5.93. The molecule has 0 bridgehead atoms. The lowest BCUT2D eigenvalue weighted by Crippen LogP contribution is -2.60. The van der Waals surface area contributed by atoms with Crippen LogP contribution in [0.3, 0.4) is 0 Å². The third-order valence-electron chi connectivity index (χ3n) is 3.05. The number of rotatable bonds is 3. The van der Waals surface area contributed by atoms with E-state index in [0.29, 0.717) is 6.54 Å². The predicted octanol–water partition coefficient (Wildman–Crippen LogP) is 0.855. The van der Waals surface area contributed by atoms with Crippen LogP contribution in [0.1, 0.15) is 13.3 Å². The Balaban J connectivity index is 2.22. The lowest BCUT2D eigenvalue weighted by Gasteiger charge is -2.37. The van der Waals surface area contributed by atoms with Gasteiger partial charge in [0.05, 0.1) is 12.5 Å². The number of anilines is 1. The molecule has 1 heterocycles. The van der Waals surface area contributed by atoms with Gasteiger partial charge in [0.25, 0.3) is 0 Å². The molecule has 5 nitrogen and oxygen atoms in total. The zero-order valence-electron chi connectivity index (χ0n) is 10.2. The number of benzene rings is 1. The average Bonchev–Trinajstić information content (AvgIpc) is 2.34. The van der Waals surface area contributed by atoms with Gasteiger partial charge in [-0.2, -0.15) is 0 Å². The molecular formula is C13H16N2O3. The van der Waals surface area contributed by atoms with E-state index < -0.39 is 12.0 Å². The Morgan fingerprint density at radius 3 is 2.72 bits per heavy atom. The van der Waals surface area contributed by atoms with E-state index in [1.165, 1.54) is 0 Å². The highest BCUT2D eigenvalue weighted by molar-refractivity contribution is 6.00. The molecule has 0 aliphatic carbocycles. The molecule has 2 atom stereocenters. The minimum atomic E-state index is -0.969. The number of carboxylic acids is 1. The molecule has 2 unspecified atom stereocenters. The predicted molar refractivity (Wildman–Crippen MR) is 67.4 cm³/mol. The number of carbonyl (C=O) groups excluding carboxylic acids is 1. The van der Waals surface area contributed by atoms with Crippen LogP contribution in [0.2, 0.25) is 0 Å². The molecule has 1 aliphatic heterocycles. The second kappa shape index (κ2) is 5.18. The van der Waals surface area contributed by atoms with E-state index >= 15 is 0 Å². The summed E-state index contributed by atoms with van der Waals surface area (Å²) in [5.74, 6) is -1.15. The van der Waals surface area contributed by atoms with Crippen molar-refractivity contribution in [1.29, 1.82) is 0 Å². The summed E-state index contributed by atoms with van der Waals surface area (Å²) >= 11 is 0. The number of nitrogens with zero attached hydrogens (tertiary/aromatic N) is 1. The highest BCUT2D eigenvalue weighted by atomic mass is 16.4. The Kier molecular flexibility index (Phi) is 3.62. The molecule has 1 saturated heterocycles. The van der Waals surface area contributed by atoms with Crippen LogP contribution in [0.15, 0.2) is 30.3 Å². The van der Waals surface area contributed by atoms with E-state index in [9.17, 15) is 9.59 Å². The van der Waals surface area contributed by atoms with Crippen LogP contribution in [0.5, 0.6) is 0 Å². The van der Waals surface area contributed by atoms with Gasteiger partial charge in [0.15, 0.2) is 0 Å². The largest absolute Gasteiger partial charge is 0.481 e. The number of hydrogen-bond acceptors (Lipinski definition) is 3. The van der Waals surface area contributed by atoms with Crippen molar-refractivity contribution in [1.82, 2.24) is 5.32 Å². The van der Waals surface area contributed by atoms with Gasteiger partial charge in [-0.3, -0.25) is 9.59 Å². The first-order chi connectivity index (χ1) is 8.59. The van der Waals surface area contributed by atoms with Crippen molar-refractivity contribution in [3.8, 4) is 0 Å². The number of carbonyl (C=O) groups is 2. The number of aliphatic carboxylic acids is 1. The lowest BCUT2D eigenvalue weighted by atomic mass is 10.1. The molecule has 1 aromatic rings. The van der Waals surface area contributed by atoms with E-state index in [1.807, 2.05) is 37.3 Å². The van der Waals surface area contributed by atoms with Crippen LogP contribution < -0.4 is 10.2 Å². The third-order valence-corrected chi connectivity index (χ3v) is 3.05. The first-order valence-electron chi connectivity index (χ1n) is 5.93. The highest BCUT2D eigenvalue weighted by Gasteiger charge is 2.34. The molecule has 0 radical (unpaired) electrons. The summed E-state index contributed by atoms with van der Waals surface area (Å²) in [5, 5.41) is 11.8. The Morgan fingerprint density at radius 2 is 2.11 bits per heavy atom. The molecule has 18 heavy (non-hydrogen) atoms. The van der Waals surface area contributed by atoms with Gasteiger partial charge in [0.2, 0.25) is 5.91 Å². The van der Waals surface area contributed by atoms with E-state index in [-0.39, 0.29) is 18.4 Å². The lowest BCUT2D eigenvalue weighted by molar-refractivity contribution is -0.140. The molecule has 1 amide bonds. The maximum Gasteiger partial charge on any atom is 0.305 e. The Labute approximate surface area is 105 Å². The van der Waals surface area contributed by atoms with Crippen LogP contribution in [-0.2, 0) is 9.59 Å². The van der Waals surface area contributed by atoms with Crippen LogP contribution >= 0.6 is 0 Å². The standard InChI is InChI=1S/C13H16N2O3/c1-9-8-14-11(7-12(16)17)13(18)15(9)10-5-3-2-4-6-10/h2-6,9,11,14H,7-8H2,1H3,(H,16,17). The maximum absolute atomic E-state index is 12.3. The van der Waals surface area contributed by atoms with E-state index in [0.717, 1.165) is 5.69 Å². The molecule has 5 heteroatoms. The maximum atomic E-state index is 12.3. The Hall–Kier alpha value is -1.88. The molecule has 1 fully saturated rings. The van der Waals surface area contributed by atoms with E-state index in [4.69, 9.17) is 5.11 Å². The van der Waals surface area contributed by atoms with Crippen molar-refractivity contribution in [2.45, 2.75) is 25.4 Å². The van der Waals surface area contributed by atoms with Crippen LogP contribution in [-0.4, -0.2) is 35.6 Å². The number of nitrogens with one attached hydrogen (secondary N) is 1. The summed E-state index contributed by atoms with van der Waals surface area (Å²) in [4.78, 5) is 24.7. The quantitative estimate of drug-likeness (QED) is 0.832. The second-order valence-corrected chi connectivity index (χ2v) is 4.45. The van der Waals surface area contributed by atoms with Gasteiger partial charge in [0, 0.05) is 18.3 Å². The molecule has 0 aromatic heterocycles. The SMILES string of the molecule is CC1CNC(CC(=O)O)C(=O)N1c1ccccc1. The van der Waals surface area contributed by atoms with Crippen LogP contribution in [0.4, 0.5) is 5.69 Å². The zero-order chi connectivity index (χ0) is 13.1. The fourth-order valence-corrected chi connectivity index (χ4v) is 2.18. The highest BCUT2D eigenvalue weighted by Crippen LogP contribution is 2.21.